The lowest BCUT2D eigenvalue weighted by Crippen LogP contribution is -2.02. The minimum Gasteiger partial charge on any atom is -0.380 e. The summed E-state index contributed by atoms with van der Waals surface area (Å²) in [7, 11) is 0. The Balaban J connectivity index is 2.19. The van der Waals surface area contributed by atoms with E-state index in [1.807, 2.05) is 25.1 Å². The predicted molar refractivity (Wildman–Crippen MR) is 84.3 cm³/mol. The summed E-state index contributed by atoms with van der Waals surface area (Å²) in [6.07, 6.45) is 0. The first-order valence-corrected chi connectivity index (χ1v) is 7.08. The third-order valence-electron chi connectivity index (χ3n) is 2.90. The number of rotatable bonds is 4. The van der Waals surface area contributed by atoms with Gasteiger partial charge in [-0.1, -0.05) is 29.8 Å². The van der Waals surface area contributed by atoms with E-state index in [1.165, 1.54) is 0 Å². The molecule has 0 radical (unpaired) electrons. The Morgan fingerprint density at radius 1 is 1.35 bits per heavy atom. The van der Waals surface area contributed by atoms with Crippen LogP contribution in [-0.2, 0) is 6.54 Å². The summed E-state index contributed by atoms with van der Waals surface area (Å²) in [5.74, 6) is 0. The first kappa shape index (κ1) is 14.8. The summed E-state index contributed by atoms with van der Waals surface area (Å²) >= 11 is 9.29. The molecule has 1 N–H and O–H groups in total. The minimum absolute atomic E-state index is 0.0557. The van der Waals surface area contributed by atoms with Crippen LogP contribution in [0.4, 0.5) is 11.4 Å². The van der Waals surface area contributed by atoms with Gasteiger partial charge in [0.15, 0.2) is 0 Å². The van der Waals surface area contributed by atoms with Gasteiger partial charge < -0.3 is 5.32 Å². The molecule has 0 saturated carbocycles. The van der Waals surface area contributed by atoms with Crippen molar-refractivity contribution in [3.63, 3.8) is 0 Å². The molecule has 0 heterocycles. The molecule has 20 heavy (non-hydrogen) atoms. The lowest BCUT2D eigenvalue weighted by atomic mass is 10.1. The number of nitrogens with zero attached hydrogens (tertiary/aromatic N) is 1. The second-order valence-corrected chi connectivity index (χ2v) is 5.59. The van der Waals surface area contributed by atoms with Crippen LogP contribution in [-0.4, -0.2) is 4.92 Å². The summed E-state index contributed by atoms with van der Waals surface area (Å²) in [6.45, 7) is 2.43. The summed E-state index contributed by atoms with van der Waals surface area (Å²) < 4.78 is 0.472. The number of halogens is 2. The fourth-order valence-corrected chi connectivity index (χ4v) is 2.53. The summed E-state index contributed by atoms with van der Waals surface area (Å²) in [5, 5.41) is 14.7. The second-order valence-electron chi connectivity index (χ2n) is 4.33. The van der Waals surface area contributed by atoms with E-state index in [-0.39, 0.29) is 5.69 Å². The van der Waals surface area contributed by atoms with Crippen LogP contribution in [0.3, 0.4) is 0 Å². The fraction of sp³-hybridized carbons (Fsp3) is 0.143. The number of nitro groups is 1. The number of para-hydroxylation sites is 1. The van der Waals surface area contributed by atoms with E-state index in [4.69, 9.17) is 11.6 Å². The number of benzene rings is 2. The second kappa shape index (κ2) is 6.24. The van der Waals surface area contributed by atoms with Crippen LogP contribution < -0.4 is 5.32 Å². The topological polar surface area (TPSA) is 55.2 Å². The molecule has 0 spiro atoms. The molecule has 0 aromatic heterocycles. The lowest BCUT2D eigenvalue weighted by molar-refractivity contribution is -0.385. The number of nitro benzene ring substituents is 1. The summed E-state index contributed by atoms with van der Waals surface area (Å²) in [5.41, 5.74) is 2.75. The van der Waals surface area contributed by atoms with Crippen molar-refractivity contribution in [1.82, 2.24) is 0 Å². The highest BCUT2D eigenvalue weighted by Crippen LogP contribution is 2.28. The quantitative estimate of drug-likeness (QED) is 0.625. The van der Waals surface area contributed by atoms with E-state index in [1.54, 1.807) is 18.2 Å². The van der Waals surface area contributed by atoms with Crippen LogP contribution in [0.15, 0.2) is 40.9 Å². The van der Waals surface area contributed by atoms with E-state index >= 15 is 0 Å². The smallest absolute Gasteiger partial charge is 0.283 e. The van der Waals surface area contributed by atoms with Gasteiger partial charge in [-0.2, -0.15) is 0 Å². The van der Waals surface area contributed by atoms with Crippen LogP contribution in [0, 0.1) is 17.0 Å². The molecule has 0 aliphatic rings. The first-order chi connectivity index (χ1) is 9.49. The summed E-state index contributed by atoms with van der Waals surface area (Å²) in [4.78, 5) is 10.5. The molecule has 2 aromatic rings. The molecule has 2 rings (SSSR count). The first-order valence-electron chi connectivity index (χ1n) is 5.91. The van der Waals surface area contributed by atoms with Crippen molar-refractivity contribution in [2.75, 3.05) is 5.32 Å². The van der Waals surface area contributed by atoms with Crippen LogP contribution in [0.1, 0.15) is 11.1 Å². The van der Waals surface area contributed by atoms with Crippen LogP contribution >= 0.6 is 27.5 Å². The molecular formula is C14H12BrClN2O2. The summed E-state index contributed by atoms with van der Waals surface area (Å²) in [6, 6.07) is 10.7. The van der Waals surface area contributed by atoms with Gasteiger partial charge in [0.2, 0.25) is 0 Å². The maximum absolute atomic E-state index is 10.9. The maximum Gasteiger partial charge on any atom is 0.283 e. The molecule has 0 bridgehead atoms. The average Bonchev–Trinajstić information content (AvgIpc) is 2.39. The van der Waals surface area contributed by atoms with Gasteiger partial charge in [0.1, 0.15) is 0 Å². The zero-order valence-corrected chi connectivity index (χ0v) is 13.0. The van der Waals surface area contributed by atoms with Gasteiger partial charge in [-0.3, -0.25) is 10.1 Å². The Hall–Kier alpha value is -1.59. The third kappa shape index (κ3) is 3.29. The van der Waals surface area contributed by atoms with E-state index in [2.05, 4.69) is 21.2 Å². The van der Waals surface area contributed by atoms with E-state index in [0.29, 0.717) is 16.0 Å². The highest BCUT2D eigenvalue weighted by atomic mass is 79.9. The number of hydrogen-bond acceptors (Lipinski definition) is 3. The molecule has 6 heteroatoms. The SMILES string of the molecule is Cc1cccc(Cl)c1NCc1ccc(Br)c([N+](=O)[O-])c1. The van der Waals surface area contributed by atoms with Crippen LogP contribution in [0.5, 0.6) is 0 Å². The zero-order chi connectivity index (χ0) is 14.7. The van der Waals surface area contributed by atoms with Gasteiger partial charge in [-0.25, -0.2) is 0 Å². The third-order valence-corrected chi connectivity index (χ3v) is 3.88. The van der Waals surface area contributed by atoms with Crippen LogP contribution in [0.2, 0.25) is 5.02 Å². The largest absolute Gasteiger partial charge is 0.380 e. The number of aryl methyl sites for hydroxylation is 1. The van der Waals surface area contributed by atoms with E-state index < -0.39 is 4.92 Å². The average molecular weight is 356 g/mol. The molecule has 104 valence electrons. The Bertz CT molecular complexity index is 641. The zero-order valence-electron chi connectivity index (χ0n) is 10.7. The normalized spacial score (nSPS) is 10.3. The van der Waals surface area contributed by atoms with Gasteiger partial charge in [0.05, 0.1) is 20.1 Å². The number of nitrogens with one attached hydrogen (secondary N) is 1. The molecular weight excluding hydrogens is 344 g/mol. The minimum atomic E-state index is -0.408. The highest BCUT2D eigenvalue weighted by Gasteiger charge is 2.12. The van der Waals surface area contributed by atoms with Gasteiger partial charge in [0.25, 0.3) is 5.69 Å². The molecule has 0 atom stereocenters. The Morgan fingerprint density at radius 3 is 2.75 bits per heavy atom. The Kier molecular flexibility index (Phi) is 4.62. The predicted octanol–water partition coefficient (Wildman–Crippen LogP) is 4.93. The Labute approximate surface area is 130 Å². The molecule has 0 unspecified atom stereocenters. The molecule has 4 nitrogen and oxygen atoms in total. The molecule has 0 saturated heterocycles. The van der Waals surface area contributed by atoms with Gasteiger partial charge in [-0.05, 0) is 46.1 Å². The highest BCUT2D eigenvalue weighted by molar-refractivity contribution is 9.10. The molecule has 0 aliphatic carbocycles. The maximum atomic E-state index is 10.9. The monoisotopic (exact) mass is 354 g/mol. The van der Waals surface area contributed by atoms with Gasteiger partial charge in [0, 0.05) is 12.6 Å². The van der Waals surface area contributed by atoms with Crippen molar-refractivity contribution in [2.24, 2.45) is 0 Å². The molecule has 2 aromatic carbocycles. The van der Waals surface area contributed by atoms with Crippen molar-refractivity contribution >= 4 is 38.9 Å². The van der Waals surface area contributed by atoms with E-state index in [9.17, 15) is 10.1 Å². The Morgan fingerprint density at radius 2 is 2.10 bits per heavy atom. The van der Waals surface area contributed by atoms with E-state index in [0.717, 1.165) is 16.8 Å². The van der Waals surface area contributed by atoms with Crippen molar-refractivity contribution < 1.29 is 4.92 Å². The van der Waals surface area contributed by atoms with Crippen LogP contribution in [0.25, 0.3) is 0 Å². The van der Waals surface area contributed by atoms with Crippen molar-refractivity contribution in [1.29, 1.82) is 0 Å². The molecule has 0 fully saturated rings. The molecule has 0 amide bonds. The van der Waals surface area contributed by atoms with Crippen molar-refractivity contribution in [2.45, 2.75) is 13.5 Å². The fourth-order valence-electron chi connectivity index (χ4n) is 1.85. The van der Waals surface area contributed by atoms with Gasteiger partial charge in [-0.15, -0.1) is 0 Å². The number of anilines is 1. The standard InChI is InChI=1S/C14H12BrClN2O2/c1-9-3-2-4-12(16)14(9)17-8-10-5-6-11(15)13(7-10)18(19)20/h2-7,17H,8H2,1H3. The van der Waals surface area contributed by atoms with Crippen molar-refractivity contribution in [3.8, 4) is 0 Å². The van der Waals surface area contributed by atoms with Gasteiger partial charge >= 0.3 is 0 Å². The lowest BCUT2D eigenvalue weighted by Gasteiger charge is -2.11. The molecule has 0 aliphatic heterocycles. The number of hydrogen-bond donors (Lipinski definition) is 1. The van der Waals surface area contributed by atoms with Crippen molar-refractivity contribution in [3.05, 3.63) is 67.1 Å².